The van der Waals surface area contributed by atoms with Crippen LogP contribution in [0.15, 0.2) is 18.3 Å². The third-order valence-corrected chi connectivity index (χ3v) is 4.47. The van der Waals surface area contributed by atoms with E-state index in [2.05, 4.69) is 33.8 Å². The first-order chi connectivity index (χ1) is 9.81. The number of piperazine rings is 1. The predicted molar refractivity (Wildman–Crippen MR) is 81.2 cm³/mol. The zero-order valence-electron chi connectivity index (χ0n) is 12.4. The van der Waals surface area contributed by atoms with Crippen LogP contribution in [0.4, 0.5) is 5.69 Å². The first-order valence-corrected chi connectivity index (χ1v) is 7.79. The Hall–Kier alpha value is -1.13. The normalized spacial score (nSPS) is 22.1. The number of rotatable bonds is 3. The van der Waals surface area contributed by atoms with E-state index in [1.54, 1.807) is 0 Å². The van der Waals surface area contributed by atoms with E-state index in [4.69, 9.17) is 4.74 Å². The summed E-state index contributed by atoms with van der Waals surface area (Å²) in [7, 11) is 0. The van der Waals surface area contributed by atoms with Gasteiger partial charge < -0.3 is 9.64 Å². The summed E-state index contributed by atoms with van der Waals surface area (Å²) in [5.41, 5.74) is 2.43. The first kappa shape index (κ1) is 13.8. The quantitative estimate of drug-likeness (QED) is 0.843. The highest BCUT2D eigenvalue weighted by atomic mass is 16.5. The molecule has 2 aliphatic heterocycles. The lowest BCUT2D eigenvalue weighted by molar-refractivity contribution is 0.0517. The lowest BCUT2D eigenvalue weighted by atomic mass is 9.99. The zero-order chi connectivity index (χ0) is 13.8. The Balaban J connectivity index is 1.49. The molecule has 0 N–H and O–H groups in total. The van der Waals surface area contributed by atoms with Crippen molar-refractivity contribution in [3.8, 4) is 0 Å². The molecule has 0 atom stereocenters. The molecule has 110 valence electrons. The van der Waals surface area contributed by atoms with Crippen LogP contribution in [-0.4, -0.2) is 55.8 Å². The largest absolute Gasteiger partial charge is 0.381 e. The molecule has 0 unspecified atom stereocenters. The molecule has 2 aliphatic rings. The van der Waals surface area contributed by atoms with Gasteiger partial charge in [-0.3, -0.25) is 9.88 Å². The molecule has 4 nitrogen and oxygen atoms in total. The lowest BCUT2D eigenvalue weighted by Crippen LogP contribution is -2.48. The summed E-state index contributed by atoms with van der Waals surface area (Å²) >= 11 is 0. The van der Waals surface area contributed by atoms with Crippen LogP contribution in [0.2, 0.25) is 0 Å². The maximum absolute atomic E-state index is 5.44. The van der Waals surface area contributed by atoms with Gasteiger partial charge in [0.05, 0.1) is 0 Å². The van der Waals surface area contributed by atoms with E-state index in [-0.39, 0.29) is 0 Å². The molecule has 2 saturated heterocycles. The Morgan fingerprint density at radius 2 is 1.95 bits per heavy atom. The molecular weight excluding hydrogens is 250 g/mol. The van der Waals surface area contributed by atoms with Crippen molar-refractivity contribution in [1.82, 2.24) is 9.88 Å². The second kappa shape index (κ2) is 6.55. The fourth-order valence-electron chi connectivity index (χ4n) is 3.21. The maximum Gasteiger partial charge on any atom is 0.0469 e. The highest BCUT2D eigenvalue weighted by Crippen LogP contribution is 2.20. The minimum atomic E-state index is 0.846. The van der Waals surface area contributed by atoms with E-state index < -0.39 is 0 Å². The smallest absolute Gasteiger partial charge is 0.0469 e. The molecule has 3 heterocycles. The molecule has 0 aliphatic carbocycles. The highest BCUT2D eigenvalue weighted by molar-refractivity contribution is 5.46. The molecule has 0 radical (unpaired) electrons. The summed E-state index contributed by atoms with van der Waals surface area (Å²) in [5.74, 6) is 0.846. The third kappa shape index (κ3) is 3.49. The minimum Gasteiger partial charge on any atom is -0.381 e. The van der Waals surface area contributed by atoms with Gasteiger partial charge in [0.15, 0.2) is 0 Å². The number of pyridine rings is 1. The van der Waals surface area contributed by atoms with Gasteiger partial charge in [0.1, 0.15) is 0 Å². The Bertz CT molecular complexity index is 423. The van der Waals surface area contributed by atoms with E-state index in [0.29, 0.717) is 0 Å². The van der Waals surface area contributed by atoms with E-state index in [1.165, 1.54) is 38.2 Å². The fourth-order valence-corrected chi connectivity index (χ4v) is 3.21. The Morgan fingerprint density at radius 3 is 2.65 bits per heavy atom. The summed E-state index contributed by atoms with van der Waals surface area (Å²) < 4.78 is 5.44. The van der Waals surface area contributed by atoms with Crippen molar-refractivity contribution in [3.63, 3.8) is 0 Å². The van der Waals surface area contributed by atoms with Crippen LogP contribution in [0.3, 0.4) is 0 Å². The summed E-state index contributed by atoms with van der Waals surface area (Å²) in [5, 5.41) is 0. The number of aromatic nitrogens is 1. The topological polar surface area (TPSA) is 28.6 Å². The van der Waals surface area contributed by atoms with Crippen molar-refractivity contribution in [2.24, 2.45) is 5.92 Å². The number of hydrogen-bond donors (Lipinski definition) is 0. The van der Waals surface area contributed by atoms with E-state index in [1.807, 2.05) is 6.20 Å². The van der Waals surface area contributed by atoms with Crippen LogP contribution in [0.25, 0.3) is 0 Å². The Labute approximate surface area is 121 Å². The summed E-state index contributed by atoms with van der Waals surface area (Å²) in [6.45, 7) is 9.86. The Kier molecular flexibility index (Phi) is 4.53. The van der Waals surface area contributed by atoms with Crippen LogP contribution in [-0.2, 0) is 4.74 Å². The molecular formula is C16H25N3O. The second-order valence-corrected chi connectivity index (χ2v) is 6.00. The first-order valence-electron chi connectivity index (χ1n) is 7.79. The van der Waals surface area contributed by atoms with Crippen molar-refractivity contribution in [2.45, 2.75) is 19.8 Å². The number of aryl methyl sites for hydroxylation is 1. The van der Waals surface area contributed by atoms with E-state index in [0.717, 1.165) is 37.9 Å². The SMILES string of the molecule is Cc1cc(N2CCN(CC3CCOCC3)CC2)ccn1. The van der Waals surface area contributed by atoms with Crippen molar-refractivity contribution in [3.05, 3.63) is 24.0 Å². The standard InChI is InChI=1S/C16H25N3O/c1-14-12-16(2-5-17-14)19-8-6-18(7-9-19)13-15-3-10-20-11-4-15/h2,5,12,15H,3-4,6-11,13H2,1H3. The van der Waals surface area contributed by atoms with Gasteiger partial charge in [0.2, 0.25) is 0 Å². The molecule has 0 spiro atoms. The van der Waals surface area contributed by atoms with Crippen molar-refractivity contribution < 1.29 is 4.74 Å². The molecule has 1 aromatic heterocycles. The van der Waals surface area contributed by atoms with Crippen LogP contribution < -0.4 is 4.90 Å². The van der Waals surface area contributed by atoms with Gasteiger partial charge in [-0.1, -0.05) is 0 Å². The predicted octanol–water partition coefficient (Wildman–Crippen LogP) is 1.94. The van der Waals surface area contributed by atoms with Gasteiger partial charge in [-0.05, 0) is 37.8 Å². The number of ether oxygens (including phenoxy) is 1. The van der Waals surface area contributed by atoms with Gasteiger partial charge in [0.25, 0.3) is 0 Å². The lowest BCUT2D eigenvalue weighted by Gasteiger charge is -2.38. The fraction of sp³-hybridized carbons (Fsp3) is 0.688. The molecule has 1 aromatic rings. The second-order valence-electron chi connectivity index (χ2n) is 6.00. The molecule has 3 rings (SSSR count). The van der Waals surface area contributed by atoms with Gasteiger partial charge in [-0.15, -0.1) is 0 Å². The monoisotopic (exact) mass is 275 g/mol. The summed E-state index contributed by atoms with van der Waals surface area (Å²) in [6.07, 6.45) is 4.40. The maximum atomic E-state index is 5.44. The van der Waals surface area contributed by atoms with Gasteiger partial charge in [0, 0.05) is 63.5 Å². The third-order valence-electron chi connectivity index (χ3n) is 4.47. The zero-order valence-corrected chi connectivity index (χ0v) is 12.4. The average molecular weight is 275 g/mol. The molecule has 4 heteroatoms. The van der Waals surface area contributed by atoms with Crippen LogP contribution in [0.1, 0.15) is 18.5 Å². The Morgan fingerprint density at radius 1 is 1.20 bits per heavy atom. The molecule has 0 bridgehead atoms. The molecule has 0 aromatic carbocycles. The molecule has 0 saturated carbocycles. The molecule has 0 amide bonds. The number of anilines is 1. The molecule has 20 heavy (non-hydrogen) atoms. The van der Waals surface area contributed by atoms with Gasteiger partial charge >= 0.3 is 0 Å². The van der Waals surface area contributed by atoms with Gasteiger partial charge in [-0.25, -0.2) is 0 Å². The van der Waals surface area contributed by atoms with Crippen LogP contribution in [0, 0.1) is 12.8 Å². The minimum absolute atomic E-state index is 0.846. The van der Waals surface area contributed by atoms with E-state index >= 15 is 0 Å². The molecule has 2 fully saturated rings. The van der Waals surface area contributed by atoms with Crippen molar-refractivity contribution in [2.75, 3.05) is 50.8 Å². The van der Waals surface area contributed by atoms with Crippen molar-refractivity contribution >= 4 is 5.69 Å². The average Bonchev–Trinajstić information content (AvgIpc) is 2.49. The summed E-state index contributed by atoms with van der Waals surface area (Å²) in [6, 6.07) is 4.31. The van der Waals surface area contributed by atoms with Crippen molar-refractivity contribution in [1.29, 1.82) is 0 Å². The van der Waals surface area contributed by atoms with Crippen LogP contribution >= 0.6 is 0 Å². The highest BCUT2D eigenvalue weighted by Gasteiger charge is 2.21. The van der Waals surface area contributed by atoms with Crippen LogP contribution in [0.5, 0.6) is 0 Å². The number of hydrogen-bond acceptors (Lipinski definition) is 4. The number of nitrogens with zero attached hydrogens (tertiary/aromatic N) is 3. The summed E-state index contributed by atoms with van der Waals surface area (Å²) in [4.78, 5) is 9.38. The van der Waals surface area contributed by atoms with E-state index in [9.17, 15) is 0 Å². The van der Waals surface area contributed by atoms with Gasteiger partial charge in [-0.2, -0.15) is 0 Å².